The first-order valence-corrected chi connectivity index (χ1v) is 27.2. The maximum Gasteiger partial charge on any atom is 1.00 e. The average molecular weight is 1020 g/mol. The van der Waals surface area contributed by atoms with Gasteiger partial charge in [-0.3, -0.25) is 33.7 Å². The largest absolute Gasteiger partial charge is 1.00 e. The first kappa shape index (κ1) is 72.9. The molecule has 1 aliphatic heterocycles. The van der Waals surface area contributed by atoms with E-state index in [1.54, 1.807) is 0 Å². The van der Waals surface area contributed by atoms with Crippen LogP contribution in [0.25, 0.3) is 0 Å². The molecule has 0 unspecified atom stereocenters. The standard InChI is InChI=1S/C54H94NO14.2CH3.Li/c1-6-11-15-19-23-27-31-64-48(56)35-44(36-49(57)65-32-28-24-20-16-12-7-2)39-52(60)68-42-46-41-47(55(46)54(62)63-10-5)43-69-53(61)40-45(37-50(58)66-33-29-25-21-17-13-8-3)38-51(59)67-34-30-26-22-18-14-9-4;;;/h44-47H,5-43H2,1-4H3;2*1H3;/q3*-1;+1/t46-,47+;;;. The van der Waals surface area contributed by atoms with Gasteiger partial charge in [-0.25, -0.2) is 4.79 Å². The van der Waals surface area contributed by atoms with Gasteiger partial charge in [-0.15, -0.1) is 0 Å². The molecule has 0 aliphatic carbocycles. The normalized spacial score (nSPS) is 13.7. The van der Waals surface area contributed by atoms with Crippen molar-refractivity contribution in [1.29, 1.82) is 0 Å². The number of esters is 6. The molecule has 0 N–H and O–H groups in total. The van der Waals surface area contributed by atoms with Gasteiger partial charge in [-0.1, -0.05) is 156 Å². The van der Waals surface area contributed by atoms with E-state index in [0.29, 0.717) is 6.42 Å². The number of likely N-dealkylation sites (tertiary alicyclic amines) is 1. The number of hydrogen-bond donors (Lipinski definition) is 0. The summed E-state index contributed by atoms with van der Waals surface area (Å²) in [5.41, 5.74) is 0. The molecule has 0 aromatic rings. The Bertz CT molecular complexity index is 1240. The Labute approximate surface area is 449 Å². The Hall–Kier alpha value is -3.31. The van der Waals surface area contributed by atoms with E-state index in [1.165, 1.54) is 30.6 Å². The third kappa shape index (κ3) is 39.2. The van der Waals surface area contributed by atoms with Crippen LogP contribution in [0.3, 0.4) is 0 Å². The maximum atomic E-state index is 13.2. The van der Waals surface area contributed by atoms with Crippen LogP contribution in [0.1, 0.15) is 227 Å². The molecule has 1 aliphatic rings. The molecule has 16 heteroatoms. The molecule has 2 atom stereocenters. The Morgan fingerprint density at radius 3 is 0.875 bits per heavy atom. The van der Waals surface area contributed by atoms with Crippen LogP contribution in [0.2, 0.25) is 0 Å². The van der Waals surface area contributed by atoms with Gasteiger partial charge in [-0.2, -0.15) is 0 Å². The van der Waals surface area contributed by atoms with Gasteiger partial charge in [0.25, 0.3) is 0 Å². The molecule has 1 fully saturated rings. The van der Waals surface area contributed by atoms with Gasteiger partial charge in [0, 0.05) is 38.5 Å². The molecule has 1 amide bonds. The fraction of sp³-hybridized carbons (Fsp3) is 0.821. The number of rotatable bonds is 45. The zero-order valence-electron chi connectivity index (χ0n) is 46.5. The minimum Gasteiger partial charge on any atom is -0.483 e. The third-order valence-electron chi connectivity index (χ3n) is 12.4. The van der Waals surface area contributed by atoms with Crippen LogP contribution in [-0.2, 0) is 61.9 Å². The Kier molecular flexibility index (Phi) is 50.5. The van der Waals surface area contributed by atoms with Crippen molar-refractivity contribution in [2.75, 3.05) is 46.2 Å². The van der Waals surface area contributed by atoms with Gasteiger partial charge in [-0.05, 0) is 50.5 Å². The Morgan fingerprint density at radius 1 is 0.389 bits per heavy atom. The first-order chi connectivity index (χ1) is 33.5. The molecule has 0 bridgehead atoms. The van der Waals surface area contributed by atoms with Gasteiger partial charge in [0.05, 0.1) is 38.5 Å². The van der Waals surface area contributed by atoms with Gasteiger partial charge in [0.2, 0.25) is 0 Å². The fourth-order valence-electron chi connectivity index (χ4n) is 8.31. The minimum absolute atomic E-state index is 0. The molecule has 72 heavy (non-hydrogen) atoms. The monoisotopic (exact) mass is 1020 g/mol. The summed E-state index contributed by atoms with van der Waals surface area (Å²) in [6, 6.07) is -1.20. The van der Waals surface area contributed by atoms with Crippen molar-refractivity contribution in [3.05, 3.63) is 21.8 Å². The SMILES string of the molecule is [CH2-]COC(=O)N1[C@H](COC(=O)CC(CC(=O)OCCCCCCCC)CC(=O)OCCCCCCCC)C[C@@H]1COC(=O)CC(CC(=O)OCCCCCCCC)CC(=O)OCCCCCCCC.[CH3-].[CH3-].[Li+]. The molecule has 1 heterocycles. The molecule has 0 saturated carbocycles. The fourth-order valence-corrected chi connectivity index (χ4v) is 8.31. The quantitative estimate of drug-likeness (QED) is 0.0184. The summed E-state index contributed by atoms with van der Waals surface area (Å²) < 4.78 is 38.2. The van der Waals surface area contributed by atoms with Crippen molar-refractivity contribution < 1.29 is 85.6 Å². The Morgan fingerprint density at radius 2 is 0.625 bits per heavy atom. The van der Waals surface area contributed by atoms with Crippen LogP contribution in [-0.4, -0.2) is 105 Å². The predicted octanol–water partition coefficient (Wildman–Crippen LogP) is 9.58. The van der Waals surface area contributed by atoms with E-state index in [1.807, 2.05) is 0 Å². The van der Waals surface area contributed by atoms with Gasteiger partial charge >= 0.3 is 60.8 Å². The molecule has 416 valence electrons. The molecular weight excluding hydrogens is 918 g/mol. The predicted molar refractivity (Wildman–Crippen MR) is 278 cm³/mol. The molecule has 1 rings (SSSR count). The molecule has 0 radical (unpaired) electrons. The van der Waals surface area contributed by atoms with Crippen LogP contribution in [0.4, 0.5) is 4.79 Å². The van der Waals surface area contributed by atoms with E-state index < -0.39 is 65.8 Å². The van der Waals surface area contributed by atoms with Crippen LogP contribution in [0.5, 0.6) is 0 Å². The average Bonchev–Trinajstić information content (AvgIpc) is 3.29. The smallest absolute Gasteiger partial charge is 0.483 e. The van der Waals surface area contributed by atoms with Crippen LogP contribution < -0.4 is 18.9 Å². The number of carbonyl (C=O) groups is 7. The van der Waals surface area contributed by atoms with Crippen molar-refractivity contribution in [3.63, 3.8) is 0 Å². The van der Waals surface area contributed by atoms with Crippen molar-refractivity contribution in [1.82, 2.24) is 4.90 Å². The minimum atomic E-state index is -0.725. The zero-order valence-corrected chi connectivity index (χ0v) is 46.5. The Balaban J connectivity index is -0.0000159. The summed E-state index contributed by atoms with van der Waals surface area (Å²) in [7, 11) is 0. The summed E-state index contributed by atoms with van der Waals surface area (Å²) in [6.45, 7) is 12.7. The number of nitrogens with zero attached hydrogens (tertiary/aromatic N) is 1. The number of unbranched alkanes of at least 4 members (excludes halogenated alkanes) is 20. The summed E-state index contributed by atoms with van der Waals surface area (Å²) >= 11 is 0. The van der Waals surface area contributed by atoms with Gasteiger partial charge in [0.1, 0.15) is 13.2 Å². The van der Waals surface area contributed by atoms with Crippen LogP contribution in [0.15, 0.2) is 0 Å². The van der Waals surface area contributed by atoms with E-state index in [9.17, 15) is 33.6 Å². The van der Waals surface area contributed by atoms with E-state index >= 15 is 0 Å². The van der Waals surface area contributed by atoms with Crippen molar-refractivity contribution in [2.45, 2.75) is 239 Å². The topological polar surface area (TPSA) is 187 Å². The number of hydrogen-bond acceptors (Lipinski definition) is 14. The van der Waals surface area contributed by atoms with Gasteiger partial charge in [0.15, 0.2) is 0 Å². The summed E-state index contributed by atoms with van der Waals surface area (Å²) in [4.78, 5) is 92.2. The third-order valence-corrected chi connectivity index (χ3v) is 12.4. The summed E-state index contributed by atoms with van der Waals surface area (Å²) in [6.07, 6.45) is 23.3. The second-order valence-corrected chi connectivity index (χ2v) is 18.8. The van der Waals surface area contributed by atoms with Crippen LogP contribution >= 0.6 is 0 Å². The van der Waals surface area contributed by atoms with E-state index in [0.717, 1.165) is 128 Å². The van der Waals surface area contributed by atoms with Crippen molar-refractivity contribution in [2.24, 2.45) is 11.8 Å². The number of carbonyl (C=O) groups excluding carboxylic acids is 7. The summed E-state index contributed by atoms with van der Waals surface area (Å²) in [5.74, 6) is -4.72. The molecule has 1 saturated heterocycles. The first-order valence-electron chi connectivity index (χ1n) is 27.2. The van der Waals surface area contributed by atoms with Crippen molar-refractivity contribution >= 4 is 41.9 Å². The van der Waals surface area contributed by atoms with Gasteiger partial charge < -0.3 is 54.9 Å². The molecule has 15 nitrogen and oxygen atoms in total. The number of amides is 1. The molecule has 0 aromatic carbocycles. The van der Waals surface area contributed by atoms with E-state index in [4.69, 9.17) is 33.2 Å². The van der Waals surface area contributed by atoms with E-state index in [2.05, 4.69) is 34.6 Å². The summed E-state index contributed by atoms with van der Waals surface area (Å²) in [5, 5.41) is 0. The molecular formula is C56H100LiNO14-2. The second kappa shape index (κ2) is 49.9. The maximum absolute atomic E-state index is 13.2. The second-order valence-electron chi connectivity index (χ2n) is 18.8. The zero-order chi connectivity index (χ0) is 50.7. The van der Waals surface area contributed by atoms with Crippen molar-refractivity contribution in [3.8, 4) is 0 Å². The van der Waals surface area contributed by atoms with Crippen LogP contribution in [0, 0.1) is 33.6 Å². The van der Waals surface area contributed by atoms with E-state index in [-0.39, 0.29) is 118 Å². The molecule has 0 spiro atoms. The number of ether oxygens (including phenoxy) is 7. The molecule has 0 aromatic heterocycles.